The van der Waals surface area contributed by atoms with Gasteiger partial charge in [-0.1, -0.05) is 43.9 Å². The molecule has 13 heteroatoms. The first-order valence-electron chi connectivity index (χ1n) is 12.8. The average molecular weight is 572 g/mol. The second-order valence-corrected chi connectivity index (χ2v) is 15.4. The van der Waals surface area contributed by atoms with E-state index in [-0.39, 0.29) is 41.7 Å². The van der Waals surface area contributed by atoms with E-state index in [4.69, 9.17) is 18.9 Å². The molecule has 0 fully saturated rings. The fourth-order valence-corrected chi connectivity index (χ4v) is 4.90. The number of anilines is 2. The maximum absolute atomic E-state index is 13.1. The first-order chi connectivity index (χ1) is 18.9. The zero-order valence-corrected chi connectivity index (χ0v) is 25.2. The summed E-state index contributed by atoms with van der Waals surface area (Å²) in [6.45, 7) is 9.27. The summed E-state index contributed by atoms with van der Waals surface area (Å²) in [5, 5.41) is 3.75. The first kappa shape index (κ1) is 30.6. The Bertz CT molecular complexity index is 1270. The number of benzene rings is 1. The highest BCUT2D eigenvalue weighted by Gasteiger charge is 2.37. The van der Waals surface area contributed by atoms with Crippen LogP contribution < -0.4 is 29.6 Å². The van der Waals surface area contributed by atoms with Crippen LogP contribution in [0, 0.1) is 0 Å². The molecule has 1 aromatic carbocycles. The quantitative estimate of drug-likeness (QED) is 0.299. The standard InChI is InChI=1S/C27H37N5O7Si/c1-9-20(34)32(14-13-31(2)3)27-29-25(36-4)22(26(30-27)37-5)28-24(35)23-19(33)16-21(39-23)38-17-11-10-12-18(15-17)40(6,7)8/h10-12,15-16,23H,9,13-14H2,1-8H3,(H,28,35). The lowest BCUT2D eigenvalue weighted by Gasteiger charge is -2.24. The van der Waals surface area contributed by atoms with Crippen molar-refractivity contribution in [2.24, 2.45) is 0 Å². The zero-order valence-electron chi connectivity index (χ0n) is 24.2. The molecule has 1 aromatic heterocycles. The van der Waals surface area contributed by atoms with Crippen molar-refractivity contribution in [3.8, 4) is 17.5 Å². The molecule has 216 valence electrons. The van der Waals surface area contributed by atoms with Crippen LogP contribution in [-0.4, -0.2) is 88.0 Å². The van der Waals surface area contributed by atoms with Gasteiger partial charge in [-0.15, -0.1) is 0 Å². The molecule has 40 heavy (non-hydrogen) atoms. The lowest BCUT2D eigenvalue weighted by molar-refractivity contribution is -0.134. The van der Waals surface area contributed by atoms with E-state index < -0.39 is 25.9 Å². The maximum Gasteiger partial charge on any atom is 0.289 e. The number of aromatic nitrogens is 2. The van der Waals surface area contributed by atoms with Gasteiger partial charge in [-0.3, -0.25) is 19.3 Å². The number of methoxy groups -OCH3 is 2. The molecule has 1 N–H and O–H groups in total. The fraction of sp³-hybridized carbons (Fsp3) is 0.444. The van der Waals surface area contributed by atoms with Crippen molar-refractivity contribution in [3.05, 3.63) is 36.3 Å². The third-order valence-corrected chi connectivity index (χ3v) is 8.03. The van der Waals surface area contributed by atoms with E-state index in [9.17, 15) is 14.4 Å². The van der Waals surface area contributed by atoms with Crippen molar-refractivity contribution in [1.82, 2.24) is 14.9 Å². The molecule has 12 nitrogen and oxygen atoms in total. The number of amides is 2. The van der Waals surface area contributed by atoms with Gasteiger partial charge in [0.1, 0.15) is 5.75 Å². The summed E-state index contributed by atoms with van der Waals surface area (Å²) in [7, 11) is 4.89. The van der Waals surface area contributed by atoms with Gasteiger partial charge in [0.05, 0.1) is 28.4 Å². The minimum absolute atomic E-state index is 0.0103. The van der Waals surface area contributed by atoms with E-state index >= 15 is 0 Å². The molecule has 1 aliphatic heterocycles. The summed E-state index contributed by atoms with van der Waals surface area (Å²) in [5.74, 6) is -1.19. The molecule has 0 saturated heterocycles. The molecule has 1 unspecified atom stereocenters. The van der Waals surface area contributed by atoms with Crippen LogP contribution in [0.1, 0.15) is 13.3 Å². The second kappa shape index (κ2) is 12.9. The van der Waals surface area contributed by atoms with Crippen molar-refractivity contribution in [2.45, 2.75) is 39.1 Å². The summed E-state index contributed by atoms with van der Waals surface area (Å²) < 4.78 is 22.1. The first-order valence-corrected chi connectivity index (χ1v) is 16.3. The molecular formula is C27H37N5O7Si. The Labute approximate surface area is 235 Å². The number of carbonyl (C=O) groups is 3. The van der Waals surface area contributed by atoms with Crippen molar-refractivity contribution in [1.29, 1.82) is 0 Å². The highest BCUT2D eigenvalue weighted by molar-refractivity contribution is 6.88. The minimum atomic E-state index is -1.59. The summed E-state index contributed by atoms with van der Waals surface area (Å²) in [4.78, 5) is 50.4. The van der Waals surface area contributed by atoms with Crippen LogP contribution in [-0.2, 0) is 19.1 Å². The van der Waals surface area contributed by atoms with Crippen LogP contribution in [0.25, 0.3) is 0 Å². The zero-order chi connectivity index (χ0) is 29.6. The number of likely N-dealkylation sites (N-methyl/N-ethyl adjacent to an activating group) is 1. The molecule has 0 aliphatic carbocycles. The summed E-state index contributed by atoms with van der Waals surface area (Å²) in [6, 6.07) is 7.58. The molecule has 0 radical (unpaired) electrons. The van der Waals surface area contributed by atoms with Crippen molar-refractivity contribution in [3.63, 3.8) is 0 Å². The molecule has 1 atom stereocenters. The van der Waals surface area contributed by atoms with Gasteiger partial charge >= 0.3 is 0 Å². The number of hydrogen-bond donors (Lipinski definition) is 1. The summed E-state index contributed by atoms with van der Waals surface area (Å²) in [6.07, 6.45) is -0.123. The Morgan fingerprint density at radius 2 is 1.73 bits per heavy atom. The Morgan fingerprint density at radius 1 is 1.07 bits per heavy atom. The van der Waals surface area contributed by atoms with Gasteiger partial charge in [0, 0.05) is 19.5 Å². The molecule has 2 aromatic rings. The van der Waals surface area contributed by atoms with Gasteiger partial charge in [-0.25, -0.2) is 0 Å². The van der Waals surface area contributed by atoms with Crippen LogP contribution in [0.2, 0.25) is 19.6 Å². The Kier molecular flexibility index (Phi) is 9.87. The number of carbonyl (C=O) groups excluding carboxylic acids is 3. The smallest absolute Gasteiger partial charge is 0.289 e. The second-order valence-electron chi connectivity index (χ2n) is 10.4. The van der Waals surface area contributed by atoms with E-state index in [0.717, 1.165) is 6.08 Å². The predicted octanol–water partition coefficient (Wildman–Crippen LogP) is 2.17. The van der Waals surface area contributed by atoms with Crippen LogP contribution in [0.15, 0.2) is 36.3 Å². The lowest BCUT2D eigenvalue weighted by Crippen LogP contribution is -2.38. The van der Waals surface area contributed by atoms with Crippen LogP contribution in [0.4, 0.5) is 11.6 Å². The number of ketones is 1. The normalized spacial score (nSPS) is 14.9. The van der Waals surface area contributed by atoms with Crippen molar-refractivity contribution >= 4 is 42.5 Å². The van der Waals surface area contributed by atoms with Crippen molar-refractivity contribution < 1.29 is 33.3 Å². The van der Waals surface area contributed by atoms with E-state index in [0.29, 0.717) is 18.8 Å². The van der Waals surface area contributed by atoms with Gasteiger partial charge in [0.25, 0.3) is 11.9 Å². The molecular weight excluding hydrogens is 534 g/mol. The molecule has 3 rings (SSSR count). The fourth-order valence-electron chi connectivity index (χ4n) is 3.73. The van der Waals surface area contributed by atoms with Gasteiger partial charge in [-0.05, 0) is 26.2 Å². The number of ether oxygens (including phenoxy) is 4. The highest BCUT2D eigenvalue weighted by atomic mass is 28.3. The van der Waals surface area contributed by atoms with E-state index in [1.807, 2.05) is 37.2 Å². The maximum atomic E-state index is 13.1. The van der Waals surface area contributed by atoms with Crippen molar-refractivity contribution in [2.75, 3.05) is 51.6 Å². The molecule has 2 heterocycles. The number of rotatable bonds is 12. The molecule has 2 amide bonds. The van der Waals surface area contributed by atoms with Gasteiger partial charge in [-0.2, -0.15) is 9.97 Å². The van der Waals surface area contributed by atoms with Crippen LogP contribution in [0.3, 0.4) is 0 Å². The molecule has 1 aliphatic rings. The van der Waals surface area contributed by atoms with Gasteiger partial charge in [0.2, 0.25) is 35.5 Å². The number of hydrogen-bond acceptors (Lipinski definition) is 10. The van der Waals surface area contributed by atoms with E-state index in [1.54, 1.807) is 13.0 Å². The number of nitrogens with zero attached hydrogens (tertiary/aromatic N) is 4. The largest absolute Gasteiger partial charge is 0.479 e. The Morgan fingerprint density at radius 3 is 2.27 bits per heavy atom. The van der Waals surface area contributed by atoms with Gasteiger partial charge < -0.3 is 29.2 Å². The van der Waals surface area contributed by atoms with E-state index in [2.05, 4.69) is 34.9 Å². The Hall–Kier alpha value is -3.97. The lowest BCUT2D eigenvalue weighted by atomic mass is 10.2. The summed E-state index contributed by atoms with van der Waals surface area (Å²) in [5.41, 5.74) is -0.0103. The Balaban J connectivity index is 1.80. The third-order valence-electron chi connectivity index (χ3n) is 5.99. The number of nitrogens with one attached hydrogen (secondary N) is 1. The van der Waals surface area contributed by atoms with E-state index in [1.165, 1.54) is 24.3 Å². The minimum Gasteiger partial charge on any atom is -0.479 e. The third kappa shape index (κ3) is 7.36. The van der Waals surface area contributed by atoms with Crippen LogP contribution >= 0.6 is 0 Å². The average Bonchev–Trinajstić information content (AvgIpc) is 3.28. The monoisotopic (exact) mass is 571 g/mol. The highest BCUT2D eigenvalue weighted by Crippen LogP contribution is 2.34. The molecule has 0 bridgehead atoms. The molecule has 0 spiro atoms. The molecule has 0 saturated carbocycles. The van der Waals surface area contributed by atoms with Crippen LogP contribution in [0.5, 0.6) is 17.5 Å². The summed E-state index contributed by atoms with van der Waals surface area (Å²) >= 11 is 0. The van der Waals surface area contributed by atoms with Gasteiger partial charge in [0.15, 0.2) is 5.69 Å². The topological polar surface area (TPSA) is 132 Å². The predicted molar refractivity (Wildman–Crippen MR) is 153 cm³/mol. The SMILES string of the molecule is CCC(=O)N(CCN(C)C)c1nc(OC)c(NC(=O)C2OC(Oc3cccc([Si](C)(C)C)c3)=CC2=O)c(OC)n1.